The minimum Gasteiger partial charge on any atom is -0.490 e. The Kier molecular flexibility index (Phi) is 11.4. The molecular formula is C29H38Cl2N2O4. The van der Waals surface area contributed by atoms with Gasteiger partial charge in [-0.15, -0.1) is 0 Å². The molecule has 0 spiro atoms. The third-order valence-electron chi connectivity index (χ3n) is 6.69. The fraction of sp³-hybridized carbons (Fsp3) is 0.517. The molecule has 1 fully saturated rings. The average Bonchev–Trinajstić information content (AvgIpc) is 2.89. The largest absolute Gasteiger partial charge is 0.490 e. The zero-order chi connectivity index (χ0) is 26.8. The third kappa shape index (κ3) is 8.54. The zero-order valence-electron chi connectivity index (χ0n) is 22.0. The maximum atomic E-state index is 13.5. The molecule has 0 aliphatic heterocycles. The van der Waals surface area contributed by atoms with E-state index in [-0.39, 0.29) is 30.8 Å². The molecule has 2 aromatic carbocycles. The van der Waals surface area contributed by atoms with E-state index in [1.54, 1.807) is 24.0 Å². The summed E-state index contributed by atoms with van der Waals surface area (Å²) in [6.07, 6.45) is 6.19. The highest BCUT2D eigenvalue weighted by molar-refractivity contribution is 6.42. The van der Waals surface area contributed by atoms with E-state index < -0.39 is 6.04 Å². The van der Waals surface area contributed by atoms with Gasteiger partial charge >= 0.3 is 0 Å². The van der Waals surface area contributed by atoms with Crippen LogP contribution >= 0.6 is 23.2 Å². The Morgan fingerprint density at radius 3 is 2.30 bits per heavy atom. The van der Waals surface area contributed by atoms with Crippen LogP contribution in [0.4, 0.5) is 0 Å². The monoisotopic (exact) mass is 548 g/mol. The van der Waals surface area contributed by atoms with Gasteiger partial charge in [0, 0.05) is 19.0 Å². The van der Waals surface area contributed by atoms with Crippen LogP contribution in [0.2, 0.25) is 10.0 Å². The lowest BCUT2D eigenvalue weighted by atomic mass is 9.95. The minimum absolute atomic E-state index is 0.107. The first-order valence-electron chi connectivity index (χ1n) is 13.2. The van der Waals surface area contributed by atoms with Gasteiger partial charge in [0.05, 0.1) is 23.3 Å². The van der Waals surface area contributed by atoms with E-state index in [2.05, 4.69) is 5.32 Å². The lowest BCUT2D eigenvalue weighted by Gasteiger charge is -2.31. The van der Waals surface area contributed by atoms with E-state index in [0.717, 1.165) is 36.8 Å². The lowest BCUT2D eigenvalue weighted by molar-refractivity contribution is -0.141. The first-order valence-corrected chi connectivity index (χ1v) is 14.0. The number of hydrogen-bond donors (Lipinski definition) is 1. The Balaban J connectivity index is 1.74. The molecule has 2 aromatic rings. The number of nitrogens with zero attached hydrogens (tertiary/aromatic N) is 1. The fourth-order valence-electron chi connectivity index (χ4n) is 4.63. The van der Waals surface area contributed by atoms with Gasteiger partial charge in [0.1, 0.15) is 6.04 Å². The van der Waals surface area contributed by atoms with Crippen molar-refractivity contribution in [2.45, 2.75) is 84.3 Å². The van der Waals surface area contributed by atoms with Crippen LogP contribution < -0.4 is 14.8 Å². The number of ether oxygens (including phenoxy) is 2. The molecular weight excluding hydrogens is 511 g/mol. The van der Waals surface area contributed by atoms with Gasteiger partial charge in [0.2, 0.25) is 11.8 Å². The molecule has 8 heteroatoms. The summed E-state index contributed by atoms with van der Waals surface area (Å²) >= 11 is 12.3. The van der Waals surface area contributed by atoms with Gasteiger partial charge in [-0.05, 0) is 75.4 Å². The van der Waals surface area contributed by atoms with Crippen LogP contribution in [0, 0.1) is 0 Å². The van der Waals surface area contributed by atoms with E-state index in [1.807, 2.05) is 38.1 Å². The molecule has 6 nitrogen and oxygen atoms in total. The van der Waals surface area contributed by atoms with Crippen molar-refractivity contribution >= 4 is 35.0 Å². The van der Waals surface area contributed by atoms with E-state index in [1.165, 1.54) is 6.42 Å². The summed E-state index contributed by atoms with van der Waals surface area (Å²) in [6.45, 7) is 6.97. The number of aryl methyl sites for hydroxylation is 1. The Morgan fingerprint density at radius 2 is 1.62 bits per heavy atom. The van der Waals surface area contributed by atoms with E-state index in [0.29, 0.717) is 41.2 Å². The van der Waals surface area contributed by atoms with Crippen molar-refractivity contribution in [2.75, 3.05) is 13.2 Å². The van der Waals surface area contributed by atoms with Crippen LogP contribution in [0.15, 0.2) is 36.4 Å². The van der Waals surface area contributed by atoms with Crippen LogP contribution in [-0.2, 0) is 22.6 Å². The van der Waals surface area contributed by atoms with Crippen molar-refractivity contribution in [3.8, 4) is 11.5 Å². The van der Waals surface area contributed by atoms with Crippen molar-refractivity contribution in [1.29, 1.82) is 0 Å². The molecule has 0 saturated heterocycles. The van der Waals surface area contributed by atoms with Gasteiger partial charge in [-0.3, -0.25) is 9.59 Å². The number of benzene rings is 2. The van der Waals surface area contributed by atoms with Gasteiger partial charge < -0.3 is 19.7 Å². The second kappa shape index (κ2) is 14.5. The smallest absolute Gasteiger partial charge is 0.242 e. The molecule has 1 N–H and O–H groups in total. The second-order valence-corrected chi connectivity index (χ2v) is 10.3. The highest BCUT2D eigenvalue weighted by atomic mass is 35.5. The second-order valence-electron chi connectivity index (χ2n) is 9.44. The van der Waals surface area contributed by atoms with Crippen molar-refractivity contribution in [3.63, 3.8) is 0 Å². The quantitative estimate of drug-likeness (QED) is 0.324. The van der Waals surface area contributed by atoms with Gasteiger partial charge in [0.15, 0.2) is 11.5 Å². The maximum absolute atomic E-state index is 13.5. The van der Waals surface area contributed by atoms with Crippen molar-refractivity contribution < 1.29 is 19.1 Å². The standard InChI is InChI=1S/C29H38Cl2N2O4/c1-4-36-26-15-12-21(18-27(26)37-5-2)13-16-28(34)33(19-22-11-14-24(30)25(31)17-22)20(3)29(35)32-23-9-7-6-8-10-23/h11-12,14-15,17-18,20,23H,4-10,13,16,19H2,1-3H3,(H,32,35)/t20-/m1/s1. The molecule has 202 valence electrons. The number of amides is 2. The minimum atomic E-state index is -0.622. The summed E-state index contributed by atoms with van der Waals surface area (Å²) in [5, 5.41) is 4.03. The van der Waals surface area contributed by atoms with Crippen molar-refractivity contribution in [3.05, 3.63) is 57.6 Å². The Hall–Kier alpha value is -2.44. The Bertz CT molecular complexity index is 1060. The van der Waals surface area contributed by atoms with Gasteiger partial charge in [-0.1, -0.05) is 54.6 Å². The molecule has 2 amide bonds. The molecule has 1 aliphatic rings. The number of nitrogens with one attached hydrogen (secondary N) is 1. The summed E-state index contributed by atoms with van der Waals surface area (Å²) < 4.78 is 11.4. The molecule has 0 aromatic heterocycles. The number of halogens is 2. The molecule has 1 saturated carbocycles. The SMILES string of the molecule is CCOc1ccc(CCC(=O)N(Cc2ccc(Cl)c(Cl)c2)[C@H](C)C(=O)NC2CCCCC2)cc1OCC. The first kappa shape index (κ1) is 29.1. The molecule has 0 heterocycles. The zero-order valence-corrected chi connectivity index (χ0v) is 23.5. The average molecular weight is 550 g/mol. The van der Waals surface area contributed by atoms with Gasteiger partial charge in [-0.25, -0.2) is 0 Å². The highest BCUT2D eigenvalue weighted by Gasteiger charge is 2.28. The topological polar surface area (TPSA) is 67.9 Å². The number of hydrogen-bond acceptors (Lipinski definition) is 4. The summed E-state index contributed by atoms with van der Waals surface area (Å²) in [6, 6.07) is 10.6. The first-order chi connectivity index (χ1) is 17.8. The van der Waals surface area contributed by atoms with Crippen LogP contribution in [-0.4, -0.2) is 42.0 Å². The predicted octanol–water partition coefficient (Wildman–Crippen LogP) is 6.59. The number of carbonyl (C=O) groups is 2. The number of rotatable bonds is 12. The Labute approximate surface area is 230 Å². The van der Waals surface area contributed by atoms with Crippen LogP contribution in [0.5, 0.6) is 11.5 Å². The highest BCUT2D eigenvalue weighted by Crippen LogP contribution is 2.29. The van der Waals surface area contributed by atoms with Crippen molar-refractivity contribution in [1.82, 2.24) is 10.2 Å². The molecule has 0 bridgehead atoms. The molecule has 3 rings (SSSR count). The maximum Gasteiger partial charge on any atom is 0.242 e. The summed E-state index contributed by atoms with van der Waals surface area (Å²) in [5.74, 6) is 1.13. The summed E-state index contributed by atoms with van der Waals surface area (Å²) in [4.78, 5) is 28.3. The van der Waals surface area contributed by atoms with Crippen LogP contribution in [0.1, 0.15) is 70.4 Å². The molecule has 0 unspecified atom stereocenters. The third-order valence-corrected chi connectivity index (χ3v) is 7.43. The fourth-order valence-corrected chi connectivity index (χ4v) is 4.95. The Morgan fingerprint density at radius 1 is 0.946 bits per heavy atom. The molecule has 1 atom stereocenters. The van der Waals surface area contributed by atoms with Gasteiger partial charge in [0.25, 0.3) is 0 Å². The van der Waals surface area contributed by atoms with E-state index in [9.17, 15) is 9.59 Å². The summed E-state index contributed by atoms with van der Waals surface area (Å²) in [7, 11) is 0. The predicted molar refractivity (Wildman–Crippen MR) is 149 cm³/mol. The molecule has 0 radical (unpaired) electrons. The van der Waals surface area contributed by atoms with E-state index in [4.69, 9.17) is 32.7 Å². The van der Waals surface area contributed by atoms with Crippen LogP contribution in [0.25, 0.3) is 0 Å². The summed E-state index contributed by atoms with van der Waals surface area (Å²) in [5.41, 5.74) is 1.79. The lowest BCUT2D eigenvalue weighted by Crippen LogP contribution is -2.50. The normalized spacial score (nSPS) is 14.6. The molecule has 37 heavy (non-hydrogen) atoms. The van der Waals surface area contributed by atoms with Crippen molar-refractivity contribution in [2.24, 2.45) is 0 Å². The van der Waals surface area contributed by atoms with E-state index >= 15 is 0 Å². The van der Waals surface area contributed by atoms with Crippen LogP contribution in [0.3, 0.4) is 0 Å². The van der Waals surface area contributed by atoms with Gasteiger partial charge in [-0.2, -0.15) is 0 Å². The molecule has 1 aliphatic carbocycles. The number of carbonyl (C=O) groups excluding carboxylic acids is 2.